The molecule has 0 saturated heterocycles. The number of carbonyl (C=O) groups excluding carboxylic acids is 2. The van der Waals surface area contributed by atoms with Crippen LogP contribution in [0.2, 0.25) is 10.0 Å². The maximum Gasteiger partial charge on any atom is 0.328 e. The summed E-state index contributed by atoms with van der Waals surface area (Å²) in [5, 5.41) is 0.410. The van der Waals surface area contributed by atoms with Crippen LogP contribution in [0.1, 0.15) is 22.0 Å². The van der Waals surface area contributed by atoms with Gasteiger partial charge in [0.15, 0.2) is 17.5 Å². The van der Waals surface area contributed by atoms with Gasteiger partial charge < -0.3 is 9.72 Å². The molecule has 19 heavy (non-hydrogen) atoms. The summed E-state index contributed by atoms with van der Waals surface area (Å²) in [4.78, 5) is 27.0. The van der Waals surface area contributed by atoms with Crippen LogP contribution in [0, 0.1) is 0 Å². The molecule has 6 heteroatoms. The molecule has 1 aromatic carbocycles. The Morgan fingerprint density at radius 2 is 2.05 bits per heavy atom. The first kappa shape index (κ1) is 12.3. The molecular formula is C13H7Cl2NO3. The number of H-pyrrole nitrogens is 1. The van der Waals surface area contributed by atoms with Crippen LogP contribution in [0.25, 0.3) is 0 Å². The van der Waals surface area contributed by atoms with Crippen molar-refractivity contribution in [3.63, 3.8) is 0 Å². The lowest BCUT2D eigenvalue weighted by atomic mass is 9.96. The minimum Gasteiger partial charge on any atom is -0.424 e. The Hall–Kier alpha value is -1.78. The second-order valence-electron chi connectivity index (χ2n) is 4.08. The number of ether oxygens (including phenoxy) is 1. The smallest absolute Gasteiger partial charge is 0.328 e. The molecule has 1 aromatic heterocycles. The lowest BCUT2D eigenvalue weighted by molar-refractivity contribution is -0.133. The maximum absolute atomic E-state index is 12.4. The van der Waals surface area contributed by atoms with Gasteiger partial charge in [-0.3, -0.25) is 9.59 Å². The molecule has 1 unspecified atom stereocenters. The molecular weight excluding hydrogens is 289 g/mol. The summed E-state index contributed by atoms with van der Waals surface area (Å²) in [7, 11) is 0. The summed E-state index contributed by atoms with van der Waals surface area (Å²) in [5.41, 5.74) is 0.657. The van der Waals surface area contributed by atoms with Crippen molar-refractivity contribution in [2.45, 2.75) is 5.92 Å². The number of aromatic nitrogens is 1. The number of Topliss-reactive ketones (excluding diaryl/α,β-unsaturated/α-hetero) is 1. The number of rotatable bonds is 2. The van der Waals surface area contributed by atoms with Crippen LogP contribution < -0.4 is 4.74 Å². The zero-order chi connectivity index (χ0) is 13.6. The number of ketones is 1. The van der Waals surface area contributed by atoms with Crippen molar-refractivity contribution < 1.29 is 14.3 Å². The Morgan fingerprint density at radius 3 is 2.84 bits per heavy atom. The van der Waals surface area contributed by atoms with E-state index in [9.17, 15) is 9.59 Å². The van der Waals surface area contributed by atoms with Crippen molar-refractivity contribution in [1.82, 2.24) is 4.98 Å². The monoisotopic (exact) mass is 295 g/mol. The Morgan fingerprint density at radius 1 is 1.26 bits per heavy atom. The van der Waals surface area contributed by atoms with E-state index in [1.54, 1.807) is 24.4 Å². The van der Waals surface area contributed by atoms with Crippen LogP contribution in [0.15, 0.2) is 30.5 Å². The Kier molecular flexibility index (Phi) is 2.84. The number of carbonyl (C=O) groups is 2. The first-order valence-electron chi connectivity index (χ1n) is 5.47. The summed E-state index contributed by atoms with van der Waals surface area (Å²) in [5.74, 6) is -1.68. The Labute approximate surface area is 118 Å². The molecule has 0 bridgehead atoms. The van der Waals surface area contributed by atoms with Crippen LogP contribution in [0.5, 0.6) is 5.75 Å². The third kappa shape index (κ3) is 1.84. The van der Waals surface area contributed by atoms with Crippen molar-refractivity contribution in [3.05, 3.63) is 51.8 Å². The van der Waals surface area contributed by atoms with Gasteiger partial charge in [-0.2, -0.15) is 0 Å². The quantitative estimate of drug-likeness (QED) is 0.526. The maximum atomic E-state index is 12.4. The molecule has 3 rings (SSSR count). The molecule has 96 valence electrons. The highest BCUT2D eigenvalue weighted by Gasteiger charge is 2.41. The predicted molar refractivity (Wildman–Crippen MR) is 70.0 cm³/mol. The molecule has 0 radical (unpaired) electrons. The number of halogens is 2. The third-order valence-electron chi connectivity index (χ3n) is 2.95. The first-order valence-corrected chi connectivity index (χ1v) is 6.22. The van der Waals surface area contributed by atoms with E-state index in [-0.39, 0.29) is 15.6 Å². The average molecular weight is 296 g/mol. The van der Waals surface area contributed by atoms with Crippen LogP contribution >= 0.6 is 23.2 Å². The standard InChI is InChI=1S/C13H7Cl2NO3/c14-7-3-1-2-6(10(7)15)12(17)9-11-8(4-5-16-11)19-13(9)18/h1-5,9,16H. The lowest BCUT2D eigenvalue weighted by Gasteiger charge is -2.08. The summed E-state index contributed by atoms with van der Waals surface area (Å²) in [6.07, 6.45) is 1.61. The first-order chi connectivity index (χ1) is 9.09. The van der Waals surface area contributed by atoms with E-state index >= 15 is 0 Å². The van der Waals surface area contributed by atoms with Crippen LogP contribution in [-0.4, -0.2) is 16.7 Å². The largest absolute Gasteiger partial charge is 0.424 e. The van der Waals surface area contributed by atoms with E-state index in [1.807, 2.05) is 0 Å². The van der Waals surface area contributed by atoms with E-state index in [2.05, 4.69) is 4.98 Å². The number of benzene rings is 1. The molecule has 0 amide bonds. The molecule has 1 aliphatic heterocycles. The van der Waals surface area contributed by atoms with Crippen molar-refractivity contribution in [3.8, 4) is 5.75 Å². The Balaban J connectivity index is 2.06. The minimum atomic E-state index is -1.01. The summed E-state index contributed by atoms with van der Waals surface area (Å²) < 4.78 is 5.01. The van der Waals surface area contributed by atoms with Gasteiger partial charge in [0.2, 0.25) is 0 Å². The fourth-order valence-electron chi connectivity index (χ4n) is 2.06. The predicted octanol–water partition coefficient (Wildman–Crippen LogP) is 3.21. The molecule has 1 aliphatic rings. The lowest BCUT2D eigenvalue weighted by Crippen LogP contribution is -2.21. The van der Waals surface area contributed by atoms with Crippen LogP contribution in [0.4, 0.5) is 0 Å². The highest BCUT2D eigenvalue weighted by molar-refractivity contribution is 6.44. The number of fused-ring (bicyclic) bond motifs is 1. The van der Waals surface area contributed by atoms with Gasteiger partial charge in [0.1, 0.15) is 0 Å². The van der Waals surface area contributed by atoms with Gasteiger partial charge in [0.25, 0.3) is 0 Å². The average Bonchev–Trinajstić information content (AvgIpc) is 2.91. The van der Waals surface area contributed by atoms with Crippen molar-refractivity contribution in [1.29, 1.82) is 0 Å². The SMILES string of the molecule is O=C1Oc2cc[nH]c2C1C(=O)c1cccc(Cl)c1Cl. The normalized spacial score (nSPS) is 17.2. The third-order valence-corrected chi connectivity index (χ3v) is 3.77. The molecule has 1 N–H and O–H groups in total. The molecule has 4 nitrogen and oxygen atoms in total. The van der Waals surface area contributed by atoms with Crippen molar-refractivity contribution in [2.24, 2.45) is 0 Å². The highest BCUT2D eigenvalue weighted by Crippen LogP contribution is 2.37. The van der Waals surface area contributed by atoms with E-state index in [0.29, 0.717) is 11.4 Å². The van der Waals surface area contributed by atoms with Gasteiger partial charge in [0.05, 0.1) is 15.7 Å². The van der Waals surface area contributed by atoms with Gasteiger partial charge >= 0.3 is 5.97 Å². The second kappa shape index (κ2) is 4.40. The van der Waals surface area contributed by atoms with E-state index < -0.39 is 17.7 Å². The van der Waals surface area contributed by atoms with E-state index in [0.717, 1.165) is 0 Å². The zero-order valence-electron chi connectivity index (χ0n) is 9.44. The van der Waals surface area contributed by atoms with Crippen molar-refractivity contribution in [2.75, 3.05) is 0 Å². The molecule has 2 aromatic rings. The van der Waals surface area contributed by atoms with Gasteiger partial charge in [-0.05, 0) is 18.2 Å². The fourth-order valence-corrected chi connectivity index (χ4v) is 2.45. The summed E-state index contributed by atoms with van der Waals surface area (Å²) in [6, 6.07) is 6.32. The zero-order valence-corrected chi connectivity index (χ0v) is 11.0. The summed E-state index contributed by atoms with van der Waals surface area (Å²) in [6.45, 7) is 0. The molecule has 0 saturated carbocycles. The fraction of sp³-hybridized carbons (Fsp3) is 0.0769. The highest BCUT2D eigenvalue weighted by atomic mass is 35.5. The number of hydrogen-bond donors (Lipinski definition) is 1. The molecule has 2 heterocycles. The molecule has 0 fully saturated rings. The van der Waals surface area contributed by atoms with E-state index in [4.69, 9.17) is 27.9 Å². The molecule has 0 aliphatic carbocycles. The molecule has 1 atom stereocenters. The van der Waals surface area contributed by atoms with Gasteiger partial charge in [-0.25, -0.2) is 0 Å². The van der Waals surface area contributed by atoms with Gasteiger partial charge in [0, 0.05) is 11.8 Å². The van der Waals surface area contributed by atoms with Crippen molar-refractivity contribution >= 4 is 35.0 Å². The second-order valence-corrected chi connectivity index (χ2v) is 4.86. The number of hydrogen-bond acceptors (Lipinski definition) is 3. The number of esters is 1. The Bertz CT molecular complexity index is 693. The topological polar surface area (TPSA) is 59.2 Å². The van der Waals surface area contributed by atoms with Crippen LogP contribution in [0.3, 0.4) is 0 Å². The van der Waals surface area contributed by atoms with Crippen LogP contribution in [-0.2, 0) is 4.79 Å². The van der Waals surface area contributed by atoms with Gasteiger partial charge in [-0.1, -0.05) is 29.3 Å². The van der Waals surface area contributed by atoms with E-state index in [1.165, 1.54) is 6.07 Å². The summed E-state index contributed by atoms with van der Waals surface area (Å²) >= 11 is 11.9. The number of aromatic amines is 1. The van der Waals surface area contributed by atoms with Gasteiger partial charge in [-0.15, -0.1) is 0 Å². The molecule has 0 spiro atoms. The number of nitrogens with one attached hydrogen (secondary N) is 1. The minimum absolute atomic E-state index is 0.141.